The van der Waals surface area contributed by atoms with Crippen LogP contribution >= 0.6 is 15.9 Å². The summed E-state index contributed by atoms with van der Waals surface area (Å²) >= 11 is 3.38. The van der Waals surface area contributed by atoms with Crippen LogP contribution in [0.25, 0.3) is 0 Å². The summed E-state index contributed by atoms with van der Waals surface area (Å²) in [7, 11) is 1.53. The number of rotatable bonds is 5. The molecule has 1 aliphatic rings. The number of ether oxygens (including phenoxy) is 2. The number of aldehydes is 1. The molecule has 1 N–H and O–H groups in total. The van der Waals surface area contributed by atoms with Crippen molar-refractivity contribution >= 4 is 22.2 Å². The van der Waals surface area contributed by atoms with E-state index in [0.29, 0.717) is 21.5 Å². The highest BCUT2D eigenvalue weighted by Gasteiger charge is 2.30. The lowest BCUT2D eigenvalue weighted by atomic mass is 9.85. The minimum absolute atomic E-state index is 0.238. The fourth-order valence-electron chi connectivity index (χ4n) is 2.51. The van der Waals surface area contributed by atoms with Crippen molar-refractivity contribution < 1.29 is 19.4 Å². The van der Waals surface area contributed by atoms with Crippen LogP contribution in [0.5, 0.6) is 11.5 Å². The lowest BCUT2D eigenvalue weighted by molar-refractivity contribution is -0.0345. The number of aliphatic hydroxyl groups is 1. The summed E-state index contributed by atoms with van der Waals surface area (Å²) in [6, 6.07) is 3.30. The first-order valence-corrected chi connectivity index (χ1v) is 7.55. The second-order valence-corrected chi connectivity index (χ2v) is 6.08. The number of halogens is 1. The minimum Gasteiger partial charge on any atom is -0.493 e. The Balaban J connectivity index is 2.14. The highest BCUT2D eigenvalue weighted by atomic mass is 79.9. The number of hydrogen-bond donors (Lipinski definition) is 1. The zero-order valence-corrected chi connectivity index (χ0v) is 13.1. The summed E-state index contributed by atoms with van der Waals surface area (Å²) in [5.41, 5.74) is -0.246. The SMILES string of the molecule is COc1cc(C=O)cc(Br)c1OCC1(O)CCCCC1. The Morgan fingerprint density at radius 2 is 2.05 bits per heavy atom. The Bertz CT molecular complexity index is 481. The third-order valence-electron chi connectivity index (χ3n) is 3.66. The molecule has 20 heavy (non-hydrogen) atoms. The Labute approximate surface area is 127 Å². The minimum atomic E-state index is -0.758. The second-order valence-electron chi connectivity index (χ2n) is 5.23. The molecule has 0 atom stereocenters. The second kappa shape index (κ2) is 6.59. The summed E-state index contributed by atoms with van der Waals surface area (Å²) < 4.78 is 11.7. The normalized spacial score (nSPS) is 17.6. The molecule has 0 aliphatic heterocycles. The van der Waals surface area contributed by atoms with Gasteiger partial charge in [-0.05, 0) is 40.9 Å². The predicted octanol–water partition coefficient (Wildman–Crippen LogP) is 3.34. The predicted molar refractivity (Wildman–Crippen MR) is 79.6 cm³/mol. The van der Waals surface area contributed by atoms with Crippen LogP contribution in [0, 0.1) is 0 Å². The Morgan fingerprint density at radius 3 is 2.65 bits per heavy atom. The van der Waals surface area contributed by atoms with Gasteiger partial charge in [0, 0.05) is 5.56 Å². The lowest BCUT2D eigenvalue weighted by Gasteiger charge is -2.32. The highest BCUT2D eigenvalue weighted by molar-refractivity contribution is 9.10. The molecule has 0 aromatic heterocycles. The largest absolute Gasteiger partial charge is 0.493 e. The highest BCUT2D eigenvalue weighted by Crippen LogP contribution is 2.38. The number of methoxy groups -OCH3 is 1. The first kappa shape index (κ1) is 15.3. The van der Waals surface area contributed by atoms with Crippen molar-refractivity contribution in [1.29, 1.82) is 0 Å². The number of carbonyl (C=O) groups is 1. The maximum absolute atomic E-state index is 10.8. The van der Waals surface area contributed by atoms with Crippen molar-refractivity contribution in [2.45, 2.75) is 37.7 Å². The molecular formula is C15H19BrO4. The van der Waals surface area contributed by atoms with Gasteiger partial charge in [0.1, 0.15) is 12.9 Å². The maximum Gasteiger partial charge on any atom is 0.175 e. The van der Waals surface area contributed by atoms with Gasteiger partial charge in [-0.1, -0.05) is 19.3 Å². The van der Waals surface area contributed by atoms with Crippen molar-refractivity contribution in [3.05, 3.63) is 22.2 Å². The molecule has 4 nitrogen and oxygen atoms in total. The molecule has 0 bridgehead atoms. The topological polar surface area (TPSA) is 55.8 Å². The Hall–Kier alpha value is -1.07. The van der Waals surface area contributed by atoms with Gasteiger partial charge >= 0.3 is 0 Å². The van der Waals surface area contributed by atoms with Crippen LogP contribution in [-0.4, -0.2) is 30.7 Å². The summed E-state index contributed by atoms with van der Waals surface area (Å²) in [5.74, 6) is 1.01. The zero-order valence-electron chi connectivity index (χ0n) is 11.5. The van der Waals surface area contributed by atoms with Crippen LogP contribution in [0.3, 0.4) is 0 Å². The fourth-order valence-corrected chi connectivity index (χ4v) is 3.08. The van der Waals surface area contributed by atoms with E-state index < -0.39 is 5.60 Å². The third-order valence-corrected chi connectivity index (χ3v) is 4.25. The number of hydrogen-bond acceptors (Lipinski definition) is 4. The van der Waals surface area contributed by atoms with E-state index in [2.05, 4.69) is 15.9 Å². The van der Waals surface area contributed by atoms with Crippen LogP contribution in [-0.2, 0) is 0 Å². The van der Waals surface area contributed by atoms with Crippen LogP contribution in [0.4, 0.5) is 0 Å². The molecule has 0 unspecified atom stereocenters. The van der Waals surface area contributed by atoms with E-state index in [4.69, 9.17) is 9.47 Å². The summed E-state index contributed by atoms with van der Waals surface area (Å²) in [6.07, 6.45) is 5.51. The standard InChI is InChI=1S/C15H19BrO4/c1-19-13-8-11(9-17)7-12(16)14(13)20-10-15(18)5-3-2-4-6-15/h7-9,18H,2-6,10H2,1H3. The zero-order chi connectivity index (χ0) is 14.6. The van der Waals surface area contributed by atoms with E-state index in [1.54, 1.807) is 12.1 Å². The van der Waals surface area contributed by atoms with Crippen LogP contribution in [0.2, 0.25) is 0 Å². The van der Waals surface area contributed by atoms with E-state index in [1.165, 1.54) is 13.5 Å². The molecule has 0 radical (unpaired) electrons. The van der Waals surface area contributed by atoms with Gasteiger partial charge in [0.15, 0.2) is 11.5 Å². The van der Waals surface area contributed by atoms with E-state index in [0.717, 1.165) is 32.0 Å². The van der Waals surface area contributed by atoms with Crippen molar-refractivity contribution in [3.8, 4) is 11.5 Å². The molecule has 1 fully saturated rings. The first-order chi connectivity index (χ1) is 9.58. The molecule has 2 rings (SSSR count). The quantitative estimate of drug-likeness (QED) is 0.833. The summed E-state index contributed by atoms with van der Waals surface area (Å²) in [4.78, 5) is 10.8. The third kappa shape index (κ3) is 3.52. The molecule has 1 saturated carbocycles. The fraction of sp³-hybridized carbons (Fsp3) is 0.533. The molecule has 0 heterocycles. The summed E-state index contributed by atoms with van der Waals surface area (Å²) in [6.45, 7) is 0.238. The average Bonchev–Trinajstić information content (AvgIpc) is 2.46. The average molecular weight is 343 g/mol. The van der Waals surface area contributed by atoms with E-state index in [9.17, 15) is 9.90 Å². The van der Waals surface area contributed by atoms with E-state index in [1.807, 2.05) is 0 Å². The van der Waals surface area contributed by atoms with Gasteiger partial charge in [-0.15, -0.1) is 0 Å². The van der Waals surface area contributed by atoms with Crippen molar-refractivity contribution in [1.82, 2.24) is 0 Å². The monoisotopic (exact) mass is 342 g/mol. The first-order valence-electron chi connectivity index (χ1n) is 6.76. The lowest BCUT2D eigenvalue weighted by Crippen LogP contribution is -2.38. The van der Waals surface area contributed by atoms with Gasteiger partial charge in [-0.2, -0.15) is 0 Å². The summed E-state index contributed by atoms with van der Waals surface area (Å²) in [5, 5.41) is 10.5. The molecule has 5 heteroatoms. The van der Waals surface area contributed by atoms with Crippen LogP contribution in [0.1, 0.15) is 42.5 Å². The molecule has 0 amide bonds. The van der Waals surface area contributed by atoms with Crippen molar-refractivity contribution in [2.24, 2.45) is 0 Å². The number of benzene rings is 1. The van der Waals surface area contributed by atoms with Gasteiger partial charge < -0.3 is 14.6 Å². The van der Waals surface area contributed by atoms with Gasteiger partial charge in [0.2, 0.25) is 0 Å². The van der Waals surface area contributed by atoms with Gasteiger partial charge in [0.05, 0.1) is 17.2 Å². The molecule has 110 valence electrons. The Morgan fingerprint density at radius 1 is 1.35 bits per heavy atom. The molecular weight excluding hydrogens is 324 g/mol. The molecule has 0 saturated heterocycles. The molecule has 0 spiro atoms. The smallest absolute Gasteiger partial charge is 0.175 e. The van der Waals surface area contributed by atoms with Crippen molar-refractivity contribution in [3.63, 3.8) is 0 Å². The van der Waals surface area contributed by atoms with Crippen LogP contribution in [0.15, 0.2) is 16.6 Å². The van der Waals surface area contributed by atoms with Gasteiger partial charge in [0.25, 0.3) is 0 Å². The Kier molecular flexibility index (Phi) is 5.05. The van der Waals surface area contributed by atoms with Crippen LogP contribution < -0.4 is 9.47 Å². The molecule has 1 aromatic rings. The molecule has 1 aromatic carbocycles. The maximum atomic E-state index is 10.8. The van der Waals surface area contributed by atoms with E-state index in [-0.39, 0.29) is 6.61 Å². The van der Waals surface area contributed by atoms with Gasteiger partial charge in [-0.25, -0.2) is 0 Å². The number of carbonyl (C=O) groups excluding carboxylic acids is 1. The van der Waals surface area contributed by atoms with E-state index >= 15 is 0 Å². The molecule has 1 aliphatic carbocycles. The van der Waals surface area contributed by atoms with Crippen molar-refractivity contribution in [2.75, 3.05) is 13.7 Å². The van der Waals surface area contributed by atoms with Gasteiger partial charge in [-0.3, -0.25) is 4.79 Å².